The predicted molar refractivity (Wildman–Crippen MR) is 186 cm³/mol. The zero-order valence-electron chi connectivity index (χ0n) is 30.3. The quantitative estimate of drug-likeness (QED) is 0.0439. The molecule has 0 saturated heterocycles. The van der Waals surface area contributed by atoms with E-state index in [1.807, 2.05) is 0 Å². The van der Waals surface area contributed by atoms with Gasteiger partial charge in [-0.25, -0.2) is 19.2 Å². The van der Waals surface area contributed by atoms with E-state index in [0.717, 1.165) is 65.2 Å². The number of carboxylic acid groups (broad SMARTS) is 1. The molecular weight excluding hydrogens is 682 g/mol. The summed E-state index contributed by atoms with van der Waals surface area (Å²) in [5.74, 6) is -9.22. The number of phenols is 1. The van der Waals surface area contributed by atoms with E-state index in [9.17, 15) is 48.9 Å². The summed E-state index contributed by atoms with van der Waals surface area (Å²) in [7, 11) is 2.11. The number of Topliss-reactive ketones (excluding diaryl/α,β-unsaturated/α-hetero) is 1. The van der Waals surface area contributed by atoms with Crippen LogP contribution in [0.4, 0.5) is 0 Å². The summed E-state index contributed by atoms with van der Waals surface area (Å²) >= 11 is 0. The minimum Gasteiger partial charge on any atom is -0.508 e. The number of benzene rings is 1. The third-order valence-corrected chi connectivity index (χ3v) is 8.16. The molecule has 0 radical (unpaired) electrons. The number of methoxy groups -OCH3 is 2. The van der Waals surface area contributed by atoms with Crippen molar-refractivity contribution in [3.05, 3.63) is 42.0 Å². The predicted octanol–water partition coefficient (Wildman–Crippen LogP) is 3.50. The Bertz CT molecular complexity index is 1340. The van der Waals surface area contributed by atoms with E-state index in [-0.39, 0.29) is 18.0 Å². The highest BCUT2D eigenvalue weighted by molar-refractivity contribution is 5.95. The number of carboxylic acids is 1. The highest BCUT2D eigenvalue weighted by Gasteiger charge is 2.49. The number of carbonyl (C=O) groups is 7. The molecule has 0 aliphatic carbocycles. The van der Waals surface area contributed by atoms with E-state index in [0.29, 0.717) is 31.2 Å². The SMILES string of the molecule is CCCCCCCC(=O)CCCCCC/C=C/[C@H](C(=O)N[C@@H](Cc1ccc(O)cc1)C(=O)OCC(=O)OC)[C@@](O)(CC(=O)OCC(=O)OC)C(=O)O. The number of unbranched alkanes of at least 4 members (excludes halogenated alkanes) is 8. The molecule has 0 fully saturated rings. The molecule has 52 heavy (non-hydrogen) atoms. The Kier molecular flexibility index (Phi) is 21.9. The van der Waals surface area contributed by atoms with Crippen molar-refractivity contribution in [3.63, 3.8) is 0 Å². The highest BCUT2D eigenvalue weighted by Crippen LogP contribution is 2.26. The van der Waals surface area contributed by atoms with Gasteiger partial charge in [0.1, 0.15) is 17.6 Å². The summed E-state index contributed by atoms with van der Waals surface area (Å²) in [4.78, 5) is 87.0. The third kappa shape index (κ3) is 17.9. The van der Waals surface area contributed by atoms with Gasteiger partial charge in [-0.05, 0) is 43.4 Å². The average Bonchev–Trinajstić information content (AvgIpc) is 3.12. The fraction of sp³-hybridized carbons (Fsp3) is 0.595. The molecule has 0 saturated carbocycles. The van der Waals surface area contributed by atoms with Gasteiger partial charge in [0.15, 0.2) is 18.8 Å². The van der Waals surface area contributed by atoms with E-state index in [2.05, 4.69) is 21.7 Å². The zero-order valence-corrected chi connectivity index (χ0v) is 30.3. The highest BCUT2D eigenvalue weighted by atomic mass is 16.6. The normalized spacial score (nSPS) is 13.3. The van der Waals surface area contributed by atoms with Crippen molar-refractivity contribution in [2.24, 2.45) is 5.92 Å². The van der Waals surface area contributed by atoms with Crippen LogP contribution in [0.25, 0.3) is 0 Å². The van der Waals surface area contributed by atoms with Crippen LogP contribution in [0.1, 0.15) is 96.0 Å². The maximum Gasteiger partial charge on any atom is 0.344 e. The van der Waals surface area contributed by atoms with E-state index in [1.165, 1.54) is 36.8 Å². The molecule has 15 heteroatoms. The Morgan fingerprint density at radius 2 is 1.35 bits per heavy atom. The molecule has 0 aromatic heterocycles. The van der Waals surface area contributed by atoms with Crippen LogP contribution >= 0.6 is 0 Å². The number of allylic oxidation sites excluding steroid dienone is 1. The standard InChI is InChI=1S/C37H53NO14/c1-4-5-6-9-12-15-27(39)16-13-10-7-8-11-14-17-29(37(48,36(46)47)23-31(41)51-24-32(42)49-2)34(44)38-30(35(45)52-25-33(43)50-3)22-26-18-20-28(40)21-19-26/h14,17-21,29-30,40,48H,4-13,15-16,22-25H2,1-3H3,(H,38,44)(H,46,47)/b17-14+/t29-,30+,37+/m1/s1. The number of hydrogen-bond donors (Lipinski definition) is 4. The smallest absolute Gasteiger partial charge is 0.344 e. The van der Waals surface area contributed by atoms with E-state index in [1.54, 1.807) is 0 Å². The first-order valence-electron chi connectivity index (χ1n) is 17.5. The Labute approximate surface area is 304 Å². The number of ether oxygens (including phenoxy) is 4. The molecule has 3 atom stereocenters. The van der Waals surface area contributed by atoms with Crippen LogP contribution in [0.5, 0.6) is 5.75 Å². The van der Waals surface area contributed by atoms with Crippen LogP contribution in [-0.2, 0) is 58.9 Å². The zero-order chi connectivity index (χ0) is 38.9. The second kappa shape index (κ2) is 25.2. The van der Waals surface area contributed by atoms with Gasteiger partial charge in [0.2, 0.25) is 5.91 Å². The third-order valence-electron chi connectivity index (χ3n) is 8.16. The number of aliphatic hydroxyl groups is 1. The molecule has 0 bridgehead atoms. The summed E-state index contributed by atoms with van der Waals surface area (Å²) in [6, 6.07) is 4.04. The van der Waals surface area contributed by atoms with Gasteiger partial charge < -0.3 is 39.6 Å². The van der Waals surface area contributed by atoms with E-state index in [4.69, 9.17) is 9.47 Å². The van der Waals surface area contributed by atoms with Crippen LogP contribution < -0.4 is 5.32 Å². The summed E-state index contributed by atoms with van der Waals surface area (Å²) in [6.07, 6.45) is 10.7. The van der Waals surface area contributed by atoms with Crippen LogP contribution in [-0.4, -0.2) is 95.9 Å². The molecule has 0 spiro atoms. The van der Waals surface area contributed by atoms with Gasteiger partial charge in [0.25, 0.3) is 0 Å². The number of amides is 1. The number of aliphatic carboxylic acids is 1. The van der Waals surface area contributed by atoms with Crippen molar-refractivity contribution in [2.45, 2.75) is 108 Å². The van der Waals surface area contributed by atoms with Crippen molar-refractivity contribution in [2.75, 3.05) is 27.4 Å². The minimum atomic E-state index is -3.11. The number of aromatic hydroxyl groups is 1. The van der Waals surface area contributed by atoms with Crippen molar-refractivity contribution in [1.82, 2.24) is 5.32 Å². The molecule has 0 unspecified atom stereocenters. The maximum atomic E-state index is 13.8. The minimum absolute atomic E-state index is 0.0740. The molecule has 1 aromatic rings. The van der Waals surface area contributed by atoms with Crippen LogP contribution in [0.3, 0.4) is 0 Å². The van der Waals surface area contributed by atoms with E-state index < -0.39 is 72.9 Å². The van der Waals surface area contributed by atoms with Crippen molar-refractivity contribution < 1.29 is 67.8 Å². The molecule has 1 aromatic carbocycles. The molecule has 290 valence electrons. The first-order chi connectivity index (χ1) is 24.8. The number of carbonyl (C=O) groups excluding carboxylic acids is 6. The average molecular weight is 736 g/mol. The lowest BCUT2D eigenvalue weighted by Crippen LogP contribution is -2.55. The number of hydrogen-bond acceptors (Lipinski definition) is 13. The summed E-state index contributed by atoms with van der Waals surface area (Å²) < 4.78 is 18.6. The fourth-order valence-corrected chi connectivity index (χ4v) is 5.08. The summed E-state index contributed by atoms with van der Waals surface area (Å²) in [6.45, 7) is 0.471. The number of esters is 4. The number of phenolic OH excluding ortho intramolecular Hbond substituents is 1. The number of ketones is 1. The molecule has 0 aliphatic rings. The topological polar surface area (TPSA) is 229 Å². The largest absolute Gasteiger partial charge is 0.508 e. The molecule has 4 N–H and O–H groups in total. The van der Waals surface area contributed by atoms with Crippen molar-refractivity contribution in [3.8, 4) is 5.75 Å². The van der Waals surface area contributed by atoms with Gasteiger partial charge in [-0.15, -0.1) is 0 Å². The molecule has 15 nitrogen and oxygen atoms in total. The van der Waals surface area contributed by atoms with Gasteiger partial charge in [-0.2, -0.15) is 0 Å². The number of nitrogens with one attached hydrogen (secondary N) is 1. The molecular formula is C37H53NO14. The summed E-state index contributed by atoms with van der Waals surface area (Å²) in [5.41, 5.74) is -2.68. The Balaban J connectivity index is 3.13. The van der Waals surface area contributed by atoms with Gasteiger partial charge in [-0.1, -0.05) is 69.7 Å². The van der Waals surface area contributed by atoms with Crippen LogP contribution in [0.15, 0.2) is 36.4 Å². The Hall–Kier alpha value is -4.79. The molecule has 0 heterocycles. The first kappa shape index (κ1) is 45.2. The van der Waals surface area contributed by atoms with Crippen molar-refractivity contribution in [1.29, 1.82) is 0 Å². The Morgan fingerprint density at radius 3 is 1.90 bits per heavy atom. The van der Waals surface area contributed by atoms with Gasteiger partial charge in [0, 0.05) is 19.3 Å². The van der Waals surface area contributed by atoms with Crippen molar-refractivity contribution >= 4 is 41.5 Å². The van der Waals surface area contributed by atoms with Gasteiger partial charge in [0.05, 0.1) is 26.6 Å². The maximum absolute atomic E-state index is 13.8. The lowest BCUT2D eigenvalue weighted by Gasteiger charge is -2.30. The van der Waals surface area contributed by atoms with Gasteiger partial charge in [-0.3, -0.25) is 14.4 Å². The second-order valence-corrected chi connectivity index (χ2v) is 12.3. The Morgan fingerprint density at radius 1 is 0.788 bits per heavy atom. The summed E-state index contributed by atoms with van der Waals surface area (Å²) in [5, 5.41) is 33.4. The van der Waals surface area contributed by atoms with Gasteiger partial charge >= 0.3 is 29.8 Å². The molecule has 1 amide bonds. The fourth-order valence-electron chi connectivity index (χ4n) is 5.08. The lowest BCUT2D eigenvalue weighted by molar-refractivity contribution is -0.175. The first-order valence-corrected chi connectivity index (χ1v) is 17.5. The molecule has 0 aliphatic heterocycles. The van der Waals surface area contributed by atoms with E-state index >= 15 is 0 Å². The second-order valence-electron chi connectivity index (χ2n) is 12.3. The lowest BCUT2D eigenvalue weighted by atomic mass is 9.82. The number of rotatable bonds is 27. The molecule has 1 rings (SSSR count). The van der Waals surface area contributed by atoms with Crippen LogP contribution in [0, 0.1) is 5.92 Å². The van der Waals surface area contributed by atoms with Crippen LogP contribution in [0.2, 0.25) is 0 Å². The monoisotopic (exact) mass is 735 g/mol.